The van der Waals surface area contributed by atoms with Gasteiger partial charge in [0.15, 0.2) is 0 Å². The van der Waals surface area contributed by atoms with Crippen molar-refractivity contribution < 1.29 is 9.18 Å². The molecule has 0 saturated carbocycles. The van der Waals surface area contributed by atoms with Crippen molar-refractivity contribution >= 4 is 11.7 Å². The average Bonchev–Trinajstić information content (AvgIpc) is 2.40. The van der Waals surface area contributed by atoms with Crippen molar-refractivity contribution in [2.24, 2.45) is 17.8 Å². The summed E-state index contributed by atoms with van der Waals surface area (Å²) >= 11 is 0. The van der Waals surface area contributed by atoms with Crippen molar-refractivity contribution in [2.75, 3.05) is 18.4 Å². The molecule has 1 amide bonds. The fourth-order valence-electron chi connectivity index (χ4n) is 2.47. The summed E-state index contributed by atoms with van der Waals surface area (Å²) in [7, 11) is 0. The zero-order valence-corrected chi connectivity index (χ0v) is 13.5. The average molecular weight is 295 g/mol. The van der Waals surface area contributed by atoms with Gasteiger partial charge in [0.2, 0.25) is 0 Å². The molecule has 0 saturated heterocycles. The van der Waals surface area contributed by atoms with E-state index in [9.17, 15) is 9.18 Å². The van der Waals surface area contributed by atoms with Gasteiger partial charge in [0.25, 0.3) is 5.91 Å². The molecule has 0 aliphatic carbocycles. The lowest BCUT2D eigenvalue weighted by molar-refractivity contribution is 0.0937. The van der Waals surface area contributed by atoms with Crippen LogP contribution in [0.1, 0.15) is 45.0 Å². The third-order valence-electron chi connectivity index (χ3n) is 3.65. The van der Waals surface area contributed by atoms with E-state index in [1.807, 2.05) is 6.92 Å². The van der Waals surface area contributed by atoms with E-state index in [0.717, 1.165) is 6.20 Å². The van der Waals surface area contributed by atoms with Gasteiger partial charge in [-0.2, -0.15) is 0 Å². The normalized spacial score (nSPS) is 11.3. The minimum Gasteiger partial charge on any atom is -0.370 e. The Hall–Kier alpha value is -1.65. The maximum absolute atomic E-state index is 13.3. The van der Waals surface area contributed by atoms with E-state index in [4.69, 9.17) is 0 Å². The highest BCUT2D eigenvalue weighted by Gasteiger charge is 2.20. The highest BCUT2D eigenvalue weighted by Crippen LogP contribution is 2.20. The van der Waals surface area contributed by atoms with Crippen LogP contribution in [0, 0.1) is 23.6 Å². The fraction of sp³-hybridized carbons (Fsp3) is 0.625. The lowest BCUT2D eigenvalue weighted by Gasteiger charge is -2.25. The lowest BCUT2D eigenvalue weighted by atomic mass is 9.85. The second-order valence-corrected chi connectivity index (χ2v) is 5.94. The SMILES string of the molecule is CCNc1ncc(F)cc1C(=O)NCC(C(C)C)C(C)C. The van der Waals surface area contributed by atoms with Crippen LogP contribution in [0.3, 0.4) is 0 Å². The number of hydrogen-bond acceptors (Lipinski definition) is 3. The second-order valence-electron chi connectivity index (χ2n) is 5.94. The van der Waals surface area contributed by atoms with Crippen LogP contribution in [-0.2, 0) is 0 Å². The molecule has 1 aromatic heterocycles. The van der Waals surface area contributed by atoms with Crippen LogP contribution in [-0.4, -0.2) is 24.0 Å². The molecule has 0 aliphatic heterocycles. The van der Waals surface area contributed by atoms with Gasteiger partial charge in [-0.15, -0.1) is 0 Å². The number of nitrogens with one attached hydrogen (secondary N) is 2. The Morgan fingerprint density at radius 3 is 2.43 bits per heavy atom. The molecule has 2 N–H and O–H groups in total. The Kier molecular flexibility index (Phi) is 6.59. The third-order valence-corrected chi connectivity index (χ3v) is 3.65. The molecule has 0 spiro atoms. The summed E-state index contributed by atoms with van der Waals surface area (Å²) in [5, 5.41) is 5.88. The third kappa shape index (κ3) is 4.99. The molecular formula is C16H26FN3O. The van der Waals surface area contributed by atoms with Gasteiger partial charge in [0, 0.05) is 13.1 Å². The number of carbonyl (C=O) groups is 1. The summed E-state index contributed by atoms with van der Waals surface area (Å²) < 4.78 is 13.3. The minimum atomic E-state index is -0.508. The predicted octanol–water partition coefficient (Wildman–Crippen LogP) is 3.31. The van der Waals surface area contributed by atoms with Gasteiger partial charge in [-0.05, 0) is 30.7 Å². The molecule has 0 bridgehead atoms. The topological polar surface area (TPSA) is 54.0 Å². The molecule has 1 heterocycles. The van der Waals surface area contributed by atoms with Crippen LogP contribution in [0.15, 0.2) is 12.3 Å². The van der Waals surface area contributed by atoms with E-state index in [-0.39, 0.29) is 11.5 Å². The van der Waals surface area contributed by atoms with Gasteiger partial charge >= 0.3 is 0 Å². The van der Waals surface area contributed by atoms with Crippen molar-refractivity contribution in [3.8, 4) is 0 Å². The van der Waals surface area contributed by atoms with E-state index in [1.165, 1.54) is 6.07 Å². The van der Waals surface area contributed by atoms with E-state index >= 15 is 0 Å². The van der Waals surface area contributed by atoms with Crippen molar-refractivity contribution in [2.45, 2.75) is 34.6 Å². The molecule has 1 rings (SSSR count). The quantitative estimate of drug-likeness (QED) is 0.811. The lowest BCUT2D eigenvalue weighted by Crippen LogP contribution is -2.34. The predicted molar refractivity (Wildman–Crippen MR) is 83.9 cm³/mol. The first-order chi connectivity index (χ1) is 9.86. The fourth-order valence-corrected chi connectivity index (χ4v) is 2.47. The van der Waals surface area contributed by atoms with Crippen LogP contribution >= 0.6 is 0 Å². The Morgan fingerprint density at radius 1 is 1.29 bits per heavy atom. The van der Waals surface area contributed by atoms with Crippen molar-refractivity contribution in [1.29, 1.82) is 0 Å². The van der Waals surface area contributed by atoms with E-state index in [1.54, 1.807) is 0 Å². The zero-order valence-electron chi connectivity index (χ0n) is 13.5. The highest BCUT2D eigenvalue weighted by molar-refractivity contribution is 5.98. The first-order valence-electron chi connectivity index (χ1n) is 7.54. The van der Waals surface area contributed by atoms with Crippen LogP contribution in [0.4, 0.5) is 10.2 Å². The monoisotopic (exact) mass is 295 g/mol. The number of anilines is 1. The zero-order chi connectivity index (χ0) is 16.0. The molecule has 0 unspecified atom stereocenters. The molecule has 0 fully saturated rings. The molecule has 0 aromatic carbocycles. The van der Waals surface area contributed by atoms with E-state index in [0.29, 0.717) is 36.7 Å². The maximum atomic E-state index is 13.3. The first kappa shape index (κ1) is 17.4. The van der Waals surface area contributed by atoms with Gasteiger partial charge < -0.3 is 10.6 Å². The summed E-state index contributed by atoms with van der Waals surface area (Å²) in [5.74, 6) is 0.962. The minimum absolute atomic E-state index is 0.253. The largest absolute Gasteiger partial charge is 0.370 e. The Bertz CT molecular complexity index is 467. The van der Waals surface area contributed by atoms with Gasteiger partial charge in [0.1, 0.15) is 11.6 Å². The smallest absolute Gasteiger partial charge is 0.255 e. The van der Waals surface area contributed by atoms with Crippen LogP contribution in [0.25, 0.3) is 0 Å². The molecular weight excluding hydrogens is 269 g/mol. The molecule has 0 radical (unpaired) electrons. The Labute approximate surface area is 126 Å². The molecule has 5 heteroatoms. The standard InChI is InChI=1S/C16H26FN3O/c1-6-18-15-13(7-12(17)8-19-15)16(21)20-9-14(10(2)3)11(4)5/h7-8,10-11,14H,6,9H2,1-5H3,(H,18,19)(H,20,21). The number of rotatable bonds is 7. The van der Waals surface area contributed by atoms with Gasteiger partial charge in [-0.3, -0.25) is 4.79 Å². The van der Waals surface area contributed by atoms with Gasteiger partial charge in [-0.1, -0.05) is 27.7 Å². The molecule has 118 valence electrons. The Balaban J connectivity index is 2.81. The van der Waals surface area contributed by atoms with Gasteiger partial charge in [-0.25, -0.2) is 9.37 Å². The number of nitrogens with zero attached hydrogens (tertiary/aromatic N) is 1. The Morgan fingerprint density at radius 2 is 1.90 bits per heavy atom. The summed E-state index contributed by atoms with van der Waals surface area (Å²) in [6.07, 6.45) is 1.11. The number of pyridine rings is 1. The van der Waals surface area contributed by atoms with Crippen molar-refractivity contribution in [3.63, 3.8) is 0 Å². The van der Waals surface area contributed by atoms with Crippen molar-refractivity contribution in [3.05, 3.63) is 23.6 Å². The molecule has 0 aliphatic rings. The van der Waals surface area contributed by atoms with E-state index < -0.39 is 5.82 Å². The molecule has 21 heavy (non-hydrogen) atoms. The number of carbonyl (C=O) groups excluding carboxylic acids is 1. The van der Waals surface area contributed by atoms with Crippen LogP contribution < -0.4 is 10.6 Å². The highest BCUT2D eigenvalue weighted by atomic mass is 19.1. The summed E-state index contributed by atoms with van der Waals surface area (Å²) in [6.45, 7) is 11.7. The van der Waals surface area contributed by atoms with Crippen molar-refractivity contribution in [1.82, 2.24) is 10.3 Å². The number of halogens is 1. The second kappa shape index (κ2) is 7.96. The molecule has 1 aromatic rings. The number of hydrogen-bond donors (Lipinski definition) is 2. The summed E-state index contributed by atoms with van der Waals surface area (Å²) in [4.78, 5) is 16.2. The number of amides is 1. The molecule has 4 nitrogen and oxygen atoms in total. The summed E-state index contributed by atoms with van der Waals surface area (Å²) in [6, 6.07) is 1.22. The van der Waals surface area contributed by atoms with E-state index in [2.05, 4.69) is 43.3 Å². The van der Waals surface area contributed by atoms with Gasteiger partial charge in [0.05, 0.1) is 11.8 Å². The van der Waals surface area contributed by atoms with Crippen LogP contribution in [0.5, 0.6) is 0 Å². The van der Waals surface area contributed by atoms with Crippen LogP contribution in [0.2, 0.25) is 0 Å². The first-order valence-corrected chi connectivity index (χ1v) is 7.54. The maximum Gasteiger partial charge on any atom is 0.255 e. The molecule has 0 atom stereocenters. The summed E-state index contributed by atoms with van der Waals surface area (Å²) in [5.41, 5.74) is 0.253. The number of aromatic nitrogens is 1.